The van der Waals surface area contributed by atoms with Crippen LogP contribution in [-0.4, -0.2) is 19.2 Å². The van der Waals surface area contributed by atoms with Crippen molar-refractivity contribution in [2.24, 2.45) is 0 Å². The number of carbonyl (C=O) groups excluding carboxylic acids is 2. The Hall–Kier alpha value is -0.910. The summed E-state index contributed by atoms with van der Waals surface area (Å²) >= 11 is 2.00. The van der Waals surface area contributed by atoms with Gasteiger partial charge in [-0.2, -0.15) is 0 Å². The van der Waals surface area contributed by atoms with E-state index in [1.54, 1.807) is 12.1 Å². The molecule has 0 saturated heterocycles. The fraction of sp³-hybridized carbons (Fsp3) is 0.200. The van der Waals surface area contributed by atoms with Crippen molar-refractivity contribution in [2.75, 3.05) is 6.61 Å². The molecule has 1 rings (SSSR count). The van der Waals surface area contributed by atoms with Gasteiger partial charge >= 0.3 is 0 Å². The predicted molar refractivity (Wildman–Crippen MR) is 61.1 cm³/mol. The quantitative estimate of drug-likeness (QED) is 0.633. The van der Waals surface area contributed by atoms with Crippen molar-refractivity contribution < 1.29 is 14.3 Å². The molecule has 74 valence electrons. The molecule has 1 aromatic rings. The van der Waals surface area contributed by atoms with E-state index in [-0.39, 0.29) is 0 Å². The van der Waals surface area contributed by atoms with Crippen molar-refractivity contribution in [3.05, 3.63) is 26.8 Å². The fourth-order valence-electron chi connectivity index (χ4n) is 1.09. The normalized spacial score (nSPS) is 9.57. The molecule has 0 spiro atoms. The monoisotopic (exact) mass is 304 g/mol. The van der Waals surface area contributed by atoms with Gasteiger partial charge in [0.25, 0.3) is 0 Å². The molecule has 0 fully saturated rings. The molecule has 0 aliphatic rings. The molecule has 0 saturated carbocycles. The second kappa shape index (κ2) is 5.09. The van der Waals surface area contributed by atoms with Crippen molar-refractivity contribution in [2.45, 2.75) is 6.92 Å². The zero-order valence-electron chi connectivity index (χ0n) is 7.62. The number of hydrogen-bond donors (Lipinski definition) is 0. The highest BCUT2D eigenvalue weighted by Gasteiger charge is 2.08. The van der Waals surface area contributed by atoms with Crippen LogP contribution in [0.25, 0.3) is 0 Å². The van der Waals surface area contributed by atoms with E-state index in [4.69, 9.17) is 4.74 Å². The second-order valence-corrected chi connectivity index (χ2v) is 3.74. The molecule has 4 heteroatoms. The van der Waals surface area contributed by atoms with E-state index in [0.717, 1.165) is 3.57 Å². The first kappa shape index (κ1) is 11.2. The van der Waals surface area contributed by atoms with Gasteiger partial charge in [0.05, 0.1) is 6.61 Å². The van der Waals surface area contributed by atoms with E-state index in [2.05, 4.69) is 0 Å². The fourth-order valence-corrected chi connectivity index (χ4v) is 1.83. The van der Waals surface area contributed by atoms with Gasteiger partial charge in [-0.15, -0.1) is 0 Å². The van der Waals surface area contributed by atoms with E-state index in [1.807, 2.05) is 29.5 Å². The lowest BCUT2D eigenvalue weighted by Crippen LogP contribution is -1.98. The van der Waals surface area contributed by atoms with Crippen LogP contribution in [0.5, 0.6) is 5.75 Å². The Kier molecular flexibility index (Phi) is 4.06. The van der Waals surface area contributed by atoms with Crippen molar-refractivity contribution in [3.63, 3.8) is 0 Å². The molecule has 0 aliphatic carbocycles. The number of benzene rings is 1. The maximum atomic E-state index is 10.7. The average molecular weight is 304 g/mol. The highest BCUT2D eigenvalue weighted by atomic mass is 127. The van der Waals surface area contributed by atoms with E-state index >= 15 is 0 Å². The number of aldehydes is 2. The Morgan fingerprint density at radius 1 is 1.36 bits per heavy atom. The molecule has 0 radical (unpaired) electrons. The van der Waals surface area contributed by atoms with Crippen LogP contribution in [0.15, 0.2) is 12.1 Å². The largest absolute Gasteiger partial charge is 0.494 e. The van der Waals surface area contributed by atoms with Crippen LogP contribution in [-0.2, 0) is 0 Å². The molecule has 3 nitrogen and oxygen atoms in total. The van der Waals surface area contributed by atoms with Crippen LogP contribution in [0.2, 0.25) is 0 Å². The lowest BCUT2D eigenvalue weighted by molar-refractivity contribution is 0.109. The van der Waals surface area contributed by atoms with Gasteiger partial charge in [-0.3, -0.25) is 9.59 Å². The van der Waals surface area contributed by atoms with Crippen LogP contribution in [0.3, 0.4) is 0 Å². The summed E-state index contributed by atoms with van der Waals surface area (Å²) in [6.07, 6.45) is 1.34. The van der Waals surface area contributed by atoms with Crippen LogP contribution in [0.4, 0.5) is 0 Å². The summed E-state index contributed by atoms with van der Waals surface area (Å²) in [5, 5.41) is 0. The molecule has 0 amide bonds. The minimum absolute atomic E-state index is 0.371. The van der Waals surface area contributed by atoms with Crippen LogP contribution in [0, 0.1) is 3.57 Å². The molecule has 0 heterocycles. The second-order valence-electron chi connectivity index (χ2n) is 2.58. The van der Waals surface area contributed by atoms with Gasteiger partial charge in [0, 0.05) is 14.7 Å². The maximum absolute atomic E-state index is 10.7. The Morgan fingerprint density at radius 3 is 2.57 bits per heavy atom. The molecule has 0 unspecified atom stereocenters. The Labute approximate surface area is 95.6 Å². The summed E-state index contributed by atoms with van der Waals surface area (Å²) < 4.78 is 5.98. The summed E-state index contributed by atoms with van der Waals surface area (Å²) in [5.74, 6) is 0.615. The summed E-state index contributed by atoms with van der Waals surface area (Å²) in [5.41, 5.74) is 0.791. The summed E-state index contributed by atoms with van der Waals surface area (Å²) in [6.45, 7) is 2.40. The SMILES string of the molecule is CCOc1cc(I)c(C=O)c(C=O)c1. The zero-order chi connectivity index (χ0) is 10.6. The van der Waals surface area contributed by atoms with Crippen LogP contribution in [0.1, 0.15) is 27.6 Å². The van der Waals surface area contributed by atoms with Gasteiger partial charge in [0.15, 0.2) is 12.6 Å². The molecular weight excluding hydrogens is 295 g/mol. The standard InChI is InChI=1S/C10H9IO3/c1-2-14-8-3-7(5-12)9(6-13)10(11)4-8/h3-6H,2H2,1H3. The van der Waals surface area contributed by atoms with E-state index in [0.29, 0.717) is 36.1 Å². The number of ether oxygens (including phenoxy) is 1. The van der Waals surface area contributed by atoms with Gasteiger partial charge in [-0.05, 0) is 41.6 Å². The van der Waals surface area contributed by atoms with Gasteiger partial charge in [0.1, 0.15) is 5.75 Å². The first-order chi connectivity index (χ1) is 6.72. The number of carbonyl (C=O) groups is 2. The van der Waals surface area contributed by atoms with Gasteiger partial charge < -0.3 is 4.74 Å². The van der Waals surface area contributed by atoms with Gasteiger partial charge in [-0.25, -0.2) is 0 Å². The maximum Gasteiger partial charge on any atom is 0.151 e. The van der Waals surface area contributed by atoms with E-state index in [1.165, 1.54) is 0 Å². The Balaban J connectivity index is 3.23. The zero-order valence-corrected chi connectivity index (χ0v) is 9.78. The van der Waals surface area contributed by atoms with E-state index in [9.17, 15) is 9.59 Å². The summed E-state index contributed by atoms with van der Waals surface area (Å²) in [6, 6.07) is 3.31. The average Bonchev–Trinajstić information content (AvgIpc) is 2.17. The van der Waals surface area contributed by atoms with Crippen LogP contribution < -0.4 is 4.74 Å². The lowest BCUT2D eigenvalue weighted by atomic mass is 10.1. The lowest BCUT2D eigenvalue weighted by Gasteiger charge is -2.06. The highest BCUT2D eigenvalue weighted by Crippen LogP contribution is 2.22. The molecular formula is C10H9IO3. The molecule has 1 aromatic carbocycles. The molecule has 0 aromatic heterocycles. The number of halogens is 1. The first-order valence-corrected chi connectivity index (χ1v) is 5.17. The Morgan fingerprint density at radius 2 is 2.07 bits per heavy atom. The third kappa shape index (κ3) is 2.31. The van der Waals surface area contributed by atoms with Gasteiger partial charge in [-0.1, -0.05) is 0 Å². The first-order valence-electron chi connectivity index (χ1n) is 4.09. The predicted octanol–water partition coefficient (Wildman–Crippen LogP) is 2.31. The Bertz CT molecular complexity index is 361. The minimum Gasteiger partial charge on any atom is -0.494 e. The topological polar surface area (TPSA) is 43.4 Å². The van der Waals surface area contributed by atoms with Crippen molar-refractivity contribution in [1.29, 1.82) is 0 Å². The third-order valence-corrected chi connectivity index (χ3v) is 2.58. The molecule has 0 atom stereocenters. The van der Waals surface area contributed by atoms with Crippen molar-refractivity contribution in [3.8, 4) is 5.75 Å². The number of hydrogen-bond acceptors (Lipinski definition) is 3. The van der Waals surface area contributed by atoms with Crippen molar-refractivity contribution >= 4 is 35.2 Å². The van der Waals surface area contributed by atoms with Gasteiger partial charge in [0.2, 0.25) is 0 Å². The highest BCUT2D eigenvalue weighted by molar-refractivity contribution is 14.1. The molecule has 0 bridgehead atoms. The summed E-state index contributed by atoms with van der Waals surface area (Å²) in [4.78, 5) is 21.3. The van der Waals surface area contributed by atoms with Crippen molar-refractivity contribution in [1.82, 2.24) is 0 Å². The van der Waals surface area contributed by atoms with E-state index < -0.39 is 0 Å². The number of rotatable bonds is 4. The smallest absolute Gasteiger partial charge is 0.151 e. The molecule has 14 heavy (non-hydrogen) atoms. The third-order valence-electron chi connectivity index (χ3n) is 1.69. The molecule has 0 aliphatic heterocycles. The minimum atomic E-state index is 0.371. The van der Waals surface area contributed by atoms with Crippen LogP contribution >= 0.6 is 22.6 Å². The summed E-state index contributed by atoms with van der Waals surface area (Å²) in [7, 11) is 0. The molecule has 0 N–H and O–H groups in total.